The quantitative estimate of drug-likeness (QED) is 0.142. The number of hydrogen-bond donors (Lipinski definition) is 1. The molecule has 0 unspecified atom stereocenters. The maximum absolute atomic E-state index is 13.4. The zero-order valence-electron chi connectivity index (χ0n) is 24.5. The standard InChI is InChI=1S/C34H31BrN2O7/c1-4-14-43-28-13-12-21(17-29(28)41-2)19-37-33(39)26(32(38)36-34(37)40)15-22-16-27(35)31(30(18-22)42-3)44-20-24-10-7-9-23-8-5-6-11-25(23)24/h5-13,15-18H,4,14,19-20H2,1-3H3,(H,36,38,40)/b26-15+. The molecule has 0 spiro atoms. The van der Waals surface area contributed by atoms with Crippen LogP contribution in [0.5, 0.6) is 23.0 Å². The van der Waals surface area contributed by atoms with E-state index in [1.54, 1.807) is 30.3 Å². The summed E-state index contributed by atoms with van der Waals surface area (Å²) in [6, 6.07) is 21.8. The van der Waals surface area contributed by atoms with Crippen molar-refractivity contribution in [3.63, 3.8) is 0 Å². The number of amides is 4. The number of benzene rings is 4. The zero-order chi connectivity index (χ0) is 31.2. The summed E-state index contributed by atoms with van der Waals surface area (Å²) in [7, 11) is 3.03. The number of carbonyl (C=O) groups is 3. The van der Waals surface area contributed by atoms with Gasteiger partial charge in [-0.1, -0.05) is 55.5 Å². The second-order valence-corrected chi connectivity index (χ2v) is 10.9. The van der Waals surface area contributed by atoms with Crippen molar-refractivity contribution in [2.75, 3.05) is 20.8 Å². The van der Waals surface area contributed by atoms with Gasteiger partial charge >= 0.3 is 6.03 Å². The Morgan fingerprint density at radius 3 is 2.41 bits per heavy atom. The summed E-state index contributed by atoms with van der Waals surface area (Å²) in [6.45, 7) is 2.74. The summed E-state index contributed by atoms with van der Waals surface area (Å²) in [5.41, 5.74) is 1.94. The van der Waals surface area contributed by atoms with Crippen molar-refractivity contribution in [1.29, 1.82) is 0 Å². The Morgan fingerprint density at radius 1 is 0.864 bits per heavy atom. The Morgan fingerprint density at radius 2 is 1.64 bits per heavy atom. The Bertz CT molecular complexity index is 1760. The van der Waals surface area contributed by atoms with Crippen LogP contribution in [-0.2, 0) is 22.7 Å². The highest BCUT2D eigenvalue weighted by Gasteiger charge is 2.36. The van der Waals surface area contributed by atoms with Crippen molar-refractivity contribution >= 4 is 50.6 Å². The normalized spacial score (nSPS) is 14.1. The molecule has 1 fully saturated rings. The molecule has 1 heterocycles. The maximum atomic E-state index is 13.4. The fraction of sp³-hybridized carbons (Fsp3) is 0.206. The van der Waals surface area contributed by atoms with Crippen LogP contribution in [0.25, 0.3) is 16.8 Å². The zero-order valence-corrected chi connectivity index (χ0v) is 26.1. The Balaban J connectivity index is 1.38. The number of nitrogens with zero attached hydrogens (tertiary/aromatic N) is 1. The van der Waals surface area contributed by atoms with Gasteiger partial charge in [0.15, 0.2) is 23.0 Å². The minimum absolute atomic E-state index is 0.0757. The average molecular weight is 660 g/mol. The molecule has 44 heavy (non-hydrogen) atoms. The third-order valence-electron chi connectivity index (χ3n) is 7.03. The molecule has 4 aromatic rings. The van der Waals surface area contributed by atoms with Crippen LogP contribution in [-0.4, -0.2) is 43.6 Å². The molecule has 0 saturated carbocycles. The van der Waals surface area contributed by atoms with Gasteiger partial charge in [-0.25, -0.2) is 4.79 Å². The molecule has 1 N–H and O–H groups in total. The van der Waals surface area contributed by atoms with E-state index in [0.717, 1.165) is 27.7 Å². The number of rotatable bonds is 11. The minimum atomic E-state index is -0.807. The lowest BCUT2D eigenvalue weighted by Crippen LogP contribution is -2.53. The van der Waals surface area contributed by atoms with E-state index >= 15 is 0 Å². The SMILES string of the molecule is CCCOc1ccc(CN2C(=O)NC(=O)/C(=C\c3cc(Br)c(OCc4cccc5ccccc45)c(OC)c3)C2=O)cc1OC. The predicted octanol–water partition coefficient (Wildman–Crippen LogP) is 6.65. The molecule has 0 aromatic heterocycles. The first-order valence-corrected chi connectivity index (χ1v) is 14.8. The fourth-order valence-electron chi connectivity index (χ4n) is 4.86. The van der Waals surface area contributed by atoms with Crippen LogP contribution in [0.1, 0.15) is 30.0 Å². The fourth-order valence-corrected chi connectivity index (χ4v) is 5.43. The van der Waals surface area contributed by atoms with E-state index in [0.29, 0.717) is 51.8 Å². The lowest BCUT2D eigenvalue weighted by atomic mass is 10.1. The number of nitrogens with one attached hydrogen (secondary N) is 1. The number of barbiturate groups is 1. The first kappa shape index (κ1) is 30.6. The van der Waals surface area contributed by atoms with Crippen LogP contribution in [0.4, 0.5) is 4.79 Å². The molecule has 0 radical (unpaired) electrons. The van der Waals surface area contributed by atoms with Crippen LogP contribution in [0.2, 0.25) is 0 Å². The van der Waals surface area contributed by atoms with Gasteiger partial charge in [-0.2, -0.15) is 0 Å². The number of fused-ring (bicyclic) bond motifs is 1. The Kier molecular flexibility index (Phi) is 9.50. The number of halogens is 1. The minimum Gasteiger partial charge on any atom is -0.493 e. The molecule has 1 aliphatic rings. The molecule has 1 saturated heterocycles. The largest absolute Gasteiger partial charge is 0.493 e. The first-order chi connectivity index (χ1) is 21.3. The number of methoxy groups -OCH3 is 2. The Hall–Kier alpha value is -4.83. The van der Waals surface area contributed by atoms with Crippen LogP contribution >= 0.6 is 15.9 Å². The van der Waals surface area contributed by atoms with Gasteiger partial charge in [0.05, 0.1) is 31.8 Å². The predicted molar refractivity (Wildman–Crippen MR) is 170 cm³/mol. The number of imide groups is 2. The second kappa shape index (κ2) is 13.6. The van der Waals surface area contributed by atoms with Crippen molar-refractivity contribution < 1.29 is 33.3 Å². The van der Waals surface area contributed by atoms with Crippen LogP contribution in [0.15, 0.2) is 82.8 Å². The van der Waals surface area contributed by atoms with E-state index in [-0.39, 0.29) is 12.1 Å². The van der Waals surface area contributed by atoms with Crippen molar-refractivity contribution in [3.05, 3.63) is 99.5 Å². The van der Waals surface area contributed by atoms with E-state index in [2.05, 4.69) is 21.2 Å². The van der Waals surface area contributed by atoms with Crippen molar-refractivity contribution in [1.82, 2.24) is 10.2 Å². The van der Waals surface area contributed by atoms with Gasteiger partial charge in [0, 0.05) is 0 Å². The monoisotopic (exact) mass is 658 g/mol. The van der Waals surface area contributed by atoms with Gasteiger partial charge in [-0.15, -0.1) is 0 Å². The van der Waals surface area contributed by atoms with Crippen LogP contribution in [0.3, 0.4) is 0 Å². The summed E-state index contributed by atoms with van der Waals surface area (Å²) in [5, 5.41) is 4.46. The molecular weight excluding hydrogens is 628 g/mol. The summed E-state index contributed by atoms with van der Waals surface area (Å²) in [4.78, 5) is 39.9. The summed E-state index contributed by atoms with van der Waals surface area (Å²) in [5.74, 6) is 0.401. The highest BCUT2D eigenvalue weighted by Crippen LogP contribution is 2.38. The van der Waals surface area contributed by atoms with Crippen molar-refractivity contribution in [3.8, 4) is 23.0 Å². The molecule has 9 nitrogen and oxygen atoms in total. The van der Waals surface area contributed by atoms with Crippen LogP contribution < -0.4 is 24.3 Å². The third kappa shape index (κ3) is 6.55. The lowest BCUT2D eigenvalue weighted by molar-refractivity contribution is -0.130. The van der Waals surface area contributed by atoms with Gasteiger partial charge in [-0.3, -0.25) is 19.8 Å². The number of hydrogen-bond acceptors (Lipinski definition) is 7. The molecular formula is C34H31BrN2O7. The number of urea groups is 1. The topological polar surface area (TPSA) is 103 Å². The van der Waals surface area contributed by atoms with E-state index < -0.39 is 17.8 Å². The molecule has 0 atom stereocenters. The number of ether oxygens (including phenoxy) is 4. The highest BCUT2D eigenvalue weighted by molar-refractivity contribution is 9.10. The van der Waals surface area contributed by atoms with Gasteiger partial charge in [0.1, 0.15) is 12.2 Å². The van der Waals surface area contributed by atoms with E-state index in [9.17, 15) is 14.4 Å². The van der Waals surface area contributed by atoms with E-state index in [1.807, 2.05) is 49.4 Å². The molecule has 5 rings (SSSR count). The second-order valence-electron chi connectivity index (χ2n) is 10.0. The van der Waals surface area contributed by atoms with Crippen LogP contribution in [0, 0.1) is 0 Å². The molecule has 1 aliphatic heterocycles. The molecule has 0 aliphatic carbocycles. The first-order valence-electron chi connectivity index (χ1n) is 14.0. The van der Waals surface area contributed by atoms with E-state index in [4.69, 9.17) is 18.9 Å². The summed E-state index contributed by atoms with van der Waals surface area (Å²) < 4.78 is 23.5. The van der Waals surface area contributed by atoms with Crippen molar-refractivity contribution in [2.24, 2.45) is 0 Å². The molecule has 4 aromatic carbocycles. The summed E-state index contributed by atoms with van der Waals surface area (Å²) >= 11 is 3.55. The smallest absolute Gasteiger partial charge is 0.331 e. The lowest BCUT2D eigenvalue weighted by Gasteiger charge is -2.26. The molecule has 226 valence electrons. The number of carbonyl (C=O) groups excluding carboxylic acids is 3. The van der Waals surface area contributed by atoms with Gasteiger partial charge in [0.25, 0.3) is 11.8 Å². The average Bonchev–Trinajstić information content (AvgIpc) is 3.03. The highest BCUT2D eigenvalue weighted by atomic mass is 79.9. The molecule has 10 heteroatoms. The third-order valence-corrected chi connectivity index (χ3v) is 7.62. The summed E-state index contributed by atoms with van der Waals surface area (Å²) in [6.07, 6.45) is 2.25. The maximum Gasteiger partial charge on any atom is 0.331 e. The van der Waals surface area contributed by atoms with Gasteiger partial charge in [-0.05, 0) is 80.2 Å². The van der Waals surface area contributed by atoms with Crippen molar-refractivity contribution in [2.45, 2.75) is 26.5 Å². The van der Waals surface area contributed by atoms with Gasteiger partial charge in [0.2, 0.25) is 0 Å². The molecule has 4 amide bonds. The Labute approximate surface area is 263 Å². The van der Waals surface area contributed by atoms with E-state index in [1.165, 1.54) is 20.3 Å². The van der Waals surface area contributed by atoms with Gasteiger partial charge < -0.3 is 18.9 Å². The molecule has 0 bridgehead atoms.